The number of nitrogens with one attached hydrogen (secondary N) is 1. The smallest absolute Gasteiger partial charge is 0.356 e. The first kappa shape index (κ1) is 23.6. The zero-order valence-electron chi connectivity index (χ0n) is 20.5. The van der Waals surface area contributed by atoms with E-state index in [2.05, 4.69) is 49.5 Å². The molecule has 1 saturated carbocycles. The summed E-state index contributed by atoms with van der Waals surface area (Å²) in [6.07, 6.45) is 2.86. The van der Waals surface area contributed by atoms with Crippen molar-refractivity contribution in [3.63, 3.8) is 0 Å². The molecule has 37 heavy (non-hydrogen) atoms. The minimum atomic E-state index is -0.303. The molecule has 5 aromatic rings. The van der Waals surface area contributed by atoms with Crippen molar-refractivity contribution in [2.24, 2.45) is 0 Å². The molecule has 1 aliphatic carbocycles. The molecule has 1 fully saturated rings. The second kappa shape index (κ2) is 9.59. The van der Waals surface area contributed by atoms with Gasteiger partial charge in [-0.15, -0.1) is 10.2 Å². The number of hydrogen-bond donors (Lipinski definition) is 1. The Balaban J connectivity index is 1.41. The fourth-order valence-corrected chi connectivity index (χ4v) is 5.34. The van der Waals surface area contributed by atoms with E-state index in [0.29, 0.717) is 36.3 Å². The number of H-pyrrole nitrogens is 1. The molecule has 10 heteroatoms. The van der Waals surface area contributed by atoms with Crippen LogP contribution in [0.25, 0.3) is 33.7 Å². The first-order valence-corrected chi connectivity index (χ1v) is 13.2. The van der Waals surface area contributed by atoms with Gasteiger partial charge in [0.2, 0.25) is 5.82 Å². The lowest BCUT2D eigenvalue weighted by Gasteiger charge is -2.12. The van der Waals surface area contributed by atoms with E-state index in [4.69, 9.17) is 14.1 Å². The predicted molar refractivity (Wildman–Crippen MR) is 141 cm³/mol. The highest BCUT2D eigenvalue weighted by Gasteiger charge is 2.34. The van der Waals surface area contributed by atoms with E-state index in [1.54, 1.807) is 0 Å². The van der Waals surface area contributed by atoms with Crippen LogP contribution in [0, 0.1) is 0 Å². The quantitative estimate of drug-likeness (QED) is 0.235. The molecular formula is C27H25BrN6O3. The molecule has 6 rings (SSSR count). The van der Waals surface area contributed by atoms with Crippen LogP contribution in [0.2, 0.25) is 0 Å². The van der Waals surface area contributed by atoms with Crippen LogP contribution in [0.1, 0.15) is 60.2 Å². The van der Waals surface area contributed by atoms with Crippen molar-refractivity contribution in [3.8, 4) is 22.7 Å². The molecule has 0 radical (unpaired) electrons. The number of aryl methyl sites for hydroxylation is 1. The Hall–Kier alpha value is -3.79. The number of nitrogens with zero attached hydrogens (tertiary/aromatic N) is 5. The van der Waals surface area contributed by atoms with Crippen molar-refractivity contribution in [1.82, 2.24) is 30.2 Å². The molecule has 188 valence electrons. The highest BCUT2D eigenvalue weighted by atomic mass is 79.9. The average Bonchev–Trinajstić information content (AvgIpc) is 3.33. The van der Waals surface area contributed by atoms with Gasteiger partial charge >= 0.3 is 5.97 Å². The Morgan fingerprint density at radius 1 is 1.19 bits per heavy atom. The number of rotatable bonds is 8. The average molecular weight is 561 g/mol. The summed E-state index contributed by atoms with van der Waals surface area (Å²) < 4.78 is 14.6. The maximum absolute atomic E-state index is 13.0. The Kier molecular flexibility index (Phi) is 6.11. The van der Waals surface area contributed by atoms with E-state index in [1.165, 1.54) is 0 Å². The normalized spacial score (nSPS) is 13.4. The van der Waals surface area contributed by atoms with E-state index in [1.807, 2.05) is 47.9 Å². The molecule has 0 spiro atoms. The number of carbonyl (C=O) groups is 1. The number of esters is 1. The SMILES string of the molecule is CCOC(=O)c1c(C2CC2)nc(CC)n1Cc1ccc2oc(-c3ccccc3-c3nn[nH]n3)c(Br)c2c1. The number of halogens is 1. The van der Waals surface area contributed by atoms with Gasteiger partial charge in [0.25, 0.3) is 0 Å². The zero-order valence-corrected chi connectivity index (χ0v) is 22.1. The summed E-state index contributed by atoms with van der Waals surface area (Å²) >= 11 is 3.77. The fourth-order valence-electron chi connectivity index (χ4n) is 4.74. The highest BCUT2D eigenvalue weighted by molar-refractivity contribution is 9.10. The number of fused-ring (bicyclic) bond motifs is 1. The molecule has 0 bridgehead atoms. The first-order chi connectivity index (χ1) is 18.1. The van der Waals surface area contributed by atoms with Gasteiger partial charge in [-0.3, -0.25) is 0 Å². The highest BCUT2D eigenvalue weighted by Crippen LogP contribution is 2.43. The minimum absolute atomic E-state index is 0.303. The van der Waals surface area contributed by atoms with Crippen molar-refractivity contribution < 1.29 is 13.9 Å². The van der Waals surface area contributed by atoms with E-state index in [9.17, 15) is 4.79 Å². The molecular weight excluding hydrogens is 536 g/mol. The Labute approximate surface area is 221 Å². The molecule has 3 heterocycles. The van der Waals surface area contributed by atoms with Gasteiger partial charge in [-0.1, -0.05) is 37.3 Å². The van der Waals surface area contributed by atoms with Crippen molar-refractivity contribution in [2.45, 2.75) is 45.6 Å². The molecule has 1 N–H and O–H groups in total. The van der Waals surface area contributed by atoms with Crippen molar-refractivity contribution in [3.05, 3.63) is 69.7 Å². The molecule has 9 nitrogen and oxygen atoms in total. The Morgan fingerprint density at radius 2 is 2.00 bits per heavy atom. The molecule has 3 aromatic heterocycles. The van der Waals surface area contributed by atoms with Gasteiger partial charge in [0.15, 0.2) is 5.69 Å². The summed E-state index contributed by atoms with van der Waals surface area (Å²) in [5.41, 5.74) is 4.92. The number of furan rings is 1. The molecule has 2 aromatic carbocycles. The van der Waals surface area contributed by atoms with Gasteiger partial charge in [0, 0.05) is 35.4 Å². The van der Waals surface area contributed by atoms with Gasteiger partial charge in [-0.2, -0.15) is 5.21 Å². The molecule has 1 aliphatic rings. The van der Waals surface area contributed by atoms with Crippen LogP contribution in [-0.4, -0.2) is 42.8 Å². The molecule has 0 amide bonds. The van der Waals surface area contributed by atoms with E-state index in [0.717, 1.165) is 62.9 Å². The van der Waals surface area contributed by atoms with E-state index < -0.39 is 0 Å². The summed E-state index contributed by atoms with van der Waals surface area (Å²) in [5, 5.41) is 15.4. The number of imidazole rings is 1. The Bertz CT molecular complexity index is 1600. The summed E-state index contributed by atoms with van der Waals surface area (Å²) in [5.74, 6) is 2.12. The van der Waals surface area contributed by atoms with Crippen LogP contribution in [0.5, 0.6) is 0 Å². The van der Waals surface area contributed by atoms with Crippen LogP contribution in [0.4, 0.5) is 0 Å². The number of aromatic amines is 1. The van der Waals surface area contributed by atoms with Crippen LogP contribution < -0.4 is 0 Å². The van der Waals surface area contributed by atoms with Gasteiger partial charge < -0.3 is 13.7 Å². The number of hydrogen-bond acceptors (Lipinski definition) is 7. The van der Waals surface area contributed by atoms with Crippen LogP contribution in [0.3, 0.4) is 0 Å². The number of ether oxygens (including phenoxy) is 1. The monoisotopic (exact) mass is 560 g/mol. The summed E-state index contributed by atoms with van der Waals surface area (Å²) in [7, 11) is 0. The van der Waals surface area contributed by atoms with E-state index in [-0.39, 0.29) is 5.97 Å². The summed E-state index contributed by atoms with van der Waals surface area (Å²) in [6.45, 7) is 4.74. The summed E-state index contributed by atoms with van der Waals surface area (Å²) in [4.78, 5) is 17.8. The largest absolute Gasteiger partial charge is 0.461 e. The van der Waals surface area contributed by atoms with E-state index >= 15 is 0 Å². The summed E-state index contributed by atoms with van der Waals surface area (Å²) in [6, 6.07) is 13.9. The topological polar surface area (TPSA) is 112 Å². The molecule has 0 atom stereocenters. The number of aromatic nitrogens is 6. The second-order valence-electron chi connectivity index (χ2n) is 9.05. The van der Waals surface area contributed by atoms with Crippen LogP contribution in [0.15, 0.2) is 51.4 Å². The second-order valence-corrected chi connectivity index (χ2v) is 9.85. The third-order valence-electron chi connectivity index (χ3n) is 6.61. The fraction of sp³-hybridized carbons (Fsp3) is 0.296. The van der Waals surface area contributed by atoms with Gasteiger partial charge in [0.1, 0.15) is 17.2 Å². The van der Waals surface area contributed by atoms with Crippen LogP contribution in [-0.2, 0) is 17.7 Å². The molecule has 0 unspecified atom stereocenters. The third kappa shape index (κ3) is 4.25. The maximum Gasteiger partial charge on any atom is 0.356 e. The minimum Gasteiger partial charge on any atom is -0.461 e. The number of carbonyl (C=O) groups excluding carboxylic acids is 1. The predicted octanol–water partition coefficient (Wildman–Crippen LogP) is 5.90. The van der Waals surface area contributed by atoms with Gasteiger partial charge in [0.05, 0.1) is 16.8 Å². The number of benzene rings is 2. The van der Waals surface area contributed by atoms with Crippen molar-refractivity contribution in [2.75, 3.05) is 6.61 Å². The van der Waals surface area contributed by atoms with Crippen molar-refractivity contribution >= 4 is 32.9 Å². The van der Waals surface area contributed by atoms with Crippen molar-refractivity contribution in [1.29, 1.82) is 0 Å². The lowest BCUT2D eigenvalue weighted by molar-refractivity contribution is 0.0512. The third-order valence-corrected chi connectivity index (χ3v) is 7.40. The first-order valence-electron chi connectivity index (χ1n) is 12.4. The maximum atomic E-state index is 13.0. The van der Waals surface area contributed by atoms with Crippen LogP contribution >= 0.6 is 15.9 Å². The molecule has 0 aliphatic heterocycles. The standard InChI is InChI=1S/C27H25BrN6O3/c1-3-21-29-23(16-10-11-16)24(27(35)36-4-2)34(21)14-15-9-12-20-19(13-15)22(28)25(37-20)17-7-5-6-8-18(17)26-30-32-33-31-26/h5-9,12-13,16H,3-4,10-11,14H2,1-2H3,(H,30,31,32,33). The van der Waals surface area contributed by atoms with Gasteiger partial charge in [-0.05, 0) is 58.6 Å². The lowest BCUT2D eigenvalue weighted by Crippen LogP contribution is -2.16. The number of tetrazole rings is 1. The zero-order chi connectivity index (χ0) is 25.5. The van der Waals surface area contributed by atoms with Gasteiger partial charge in [-0.25, -0.2) is 9.78 Å². The molecule has 0 saturated heterocycles. The Morgan fingerprint density at radius 3 is 2.70 bits per heavy atom. The lowest BCUT2D eigenvalue weighted by atomic mass is 10.0.